The van der Waals surface area contributed by atoms with Crippen LogP contribution in [0.5, 0.6) is 0 Å². The molecule has 1 aromatic heterocycles. The average Bonchev–Trinajstić information content (AvgIpc) is 2.87. The molecule has 7 heteroatoms. The molecule has 0 atom stereocenters. The number of benzene rings is 3. The van der Waals surface area contributed by atoms with Gasteiger partial charge in [-0.25, -0.2) is 4.98 Å². The van der Waals surface area contributed by atoms with Crippen molar-refractivity contribution >= 4 is 23.2 Å². The van der Waals surface area contributed by atoms with Gasteiger partial charge in [0, 0.05) is 41.5 Å². The number of amides is 1. The lowest BCUT2D eigenvalue weighted by Crippen LogP contribution is -2.39. The molecule has 36 heavy (non-hydrogen) atoms. The predicted octanol–water partition coefficient (Wildman–Crippen LogP) is 5.07. The standard InChI is InChI=1S/C29H27ClN4O2/c1-20-10-12-22(13-11-20)28-32-26-18-33(17-21-6-3-2-4-7-21)15-14-25(26)29(36)34(28)19-27(35)31-24-9-5-8-23(30)16-24/h2-13,16H,14-15,17-19H2,1H3,(H,31,35). The third-order valence-corrected chi connectivity index (χ3v) is 6.60. The van der Waals surface area contributed by atoms with Crippen LogP contribution < -0.4 is 10.9 Å². The Bertz CT molecular complexity index is 1450. The van der Waals surface area contributed by atoms with Crippen LogP contribution in [0.15, 0.2) is 83.7 Å². The Balaban J connectivity index is 1.48. The van der Waals surface area contributed by atoms with Crippen LogP contribution in [-0.2, 0) is 30.8 Å². The maximum absolute atomic E-state index is 13.7. The number of hydrogen-bond acceptors (Lipinski definition) is 4. The van der Waals surface area contributed by atoms with Gasteiger partial charge in [0.05, 0.1) is 5.69 Å². The minimum absolute atomic E-state index is 0.136. The van der Waals surface area contributed by atoms with Gasteiger partial charge >= 0.3 is 0 Å². The van der Waals surface area contributed by atoms with E-state index in [1.807, 2.05) is 49.4 Å². The summed E-state index contributed by atoms with van der Waals surface area (Å²) in [5, 5.41) is 3.37. The Morgan fingerprint density at radius 3 is 2.56 bits per heavy atom. The normalized spacial score (nSPS) is 13.3. The number of halogens is 1. The molecule has 2 heterocycles. The largest absolute Gasteiger partial charge is 0.324 e. The van der Waals surface area contributed by atoms with Gasteiger partial charge in [0.25, 0.3) is 5.56 Å². The monoisotopic (exact) mass is 498 g/mol. The Kier molecular flexibility index (Phi) is 6.98. The predicted molar refractivity (Wildman–Crippen MR) is 143 cm³/mol. The highest BCUT2D eigenvalue weighted by Gasteiger charge is 2.25. The van der Waals surface area contributed by atoms with Crippen LogP contribution in [-0.4, -0.2) is 26.9 Å². The van der Waals surface area contributed by atoms with Gasteiger partial charge in [-0.1, -0.05) is 77.8 Å². The molecule has 6 nitrogen and oxygen atoms in total. The average molecular weight is 499 g/mol. The van der Waals surface area contributed by atoms with Crippen molar-refractivity contribution in [3.63, 3.8) is 0 Å². The maximum Gasteiger partial charge on any atom is 0.257 e. The first-order valence-electron chi connectivity index (χ1n) is 12.0. The minimum atomic E-state index is -0.309. The van der Waals surface area contributed by atoms with Crippen LogP contribution in [0.1, 0.15) is 22.4 Å². The van der Waals surface area contributed by atoms with E-state index in [9.17, 15) is 9.59 Å². The number of anilines is 1. The van der Waals surface area contributed by atoms with Gasteiger partial charge in [0.2, 0.25) is 5.91 Å². The van der Waals surface area contributed by atoms with Crippen LogP contribution in [0, 0.1) is 6.92 Å². The van der Waals surface area contributed by atoms with Crippen molar-refractivity contribution in [2.45, 2.75) is 33.0 Å². The number of aryl methyl sites for hydroxylation is 1. The van der Waals surface area contributed by atoms with Crippen molar-refractivity contribution in [3.8, 4) is 11.4 Å². The third-order valence-electron chi connectivity index (χ3n) is 6.37. The van der Waals surface area contributed by atoms with Gasteiger partial charge in [-0.05, 0) is 37.1 Å². The highest BCUT2D eigenvalue weighted by molar-refractivity contribution is 6.30. The molecule has 182 valence electrons. The Morgan fingerprint density at radius 1 is 1.03 bits per heavy atom. The number of carbonyl (C=O) groups excluding carboxylic acids is 1. The summed E-state index contributed by atoms with van der Waals surface area (Å²) in [5.74, 6) is 0.192. The second kappa shape index (κ2) is 10.5. The lowest BCUT2D eigenvalue weighted by atomic mass is 10.0. The first-order chi connectivity index (χ1) is 17.5. The van der Waals surface area contributed by atoms with Crippen LogP contribution >= 0.6 is 11.6 Å². The van der Waals surface area contributed by atoms with Crippen LogP contribution in [0.4, 0.5) is 5.69 Å². The molecule has 0 saturated heterocycles. The lowest BCUT2D eigenvalue weighted by Gasteiger charge is -2.29. The van der Waals surface area contributed by atoms with Gasteiger partial charge in [0.1, 0.15) is 12.4 Å². The van der Waals surface area contributed by atoms with Gasteiger partial charge in [-0.2, -0.15) is 0 Å². The van der Waals surface area contributed by atoms with Crippen LogP contribution in [0.3, 0.4) is 0 Å². The van der Waals surface area contributed by atoms with E-state index < -0.39 is 0 Å². The van der Waals surface area contributed by atoms with Gasteiger partial charge in [0.15, 0.2) is 0 Å². The summed E-state index contributed by atoms with van der Waals surface area (Å²) in [7, 11) is 0. The fourth-order valence-corrected chi connectivity index (χ4v) is 4.73. The molecule has 0 unspecified atom stereocenters. The second-order valence-electron chi connectivity index (χ2n) is 9.12. The maximum atomic E-state index is 13.7. The lowest BCUT2D eigenvalue weighted by molar-refractivity contribution is -0.116. The molecule has 0 fully saturated rings. The first-order valence-corrected chi connectivity index (χ1v) is 12.4. The van der Waals surface area contributed by atoms with Crippen LogP contribution in [0.25, 0.3) is 11.4 Å². The molecule has 1 aliphatic heterocycles. The number of nitrogens with one attached hydrogen (secondary N) is 1. The smallest absolute Gasteiger partial charge is 0.257 e. The van der Waals surface area contributed by atoms with E-state index in [2.05, 4.69) is 22.3 Å². The van der Waals surface area contributed by atoms with E-state index in [4.69, 9.17) is 16.6 Å². The molecule has 0 aliphatic carbocycles. The van der Waals surface area contributed by atoms with Crippen molar-refractivity contribution in [3.05, 3.63) is 117 Å². The number of hydrogen-bond donors (Lipinski definition) is 1. The van der Waals surface area contributed by atoms with E-state index in [-0.39, 0.29) is 18.0 Å². The molecule has 1 aliphatic rings. The molecule has 1 N–H and O–H groups in total. The summed E-state index contributed by atoms with van der Waals surface area (Å²) in [6.07, 6.45) is 0.595. The topological polar surface area (TPSA) is 67.2 Å². The highest BCUT2D eigenvalue weighted by Crippen LogP contribution is 2.23. The van der Waals surface area contributed by atoms with Crippen LogP contribution in [0.2, 0.25) is 5.02 Å². The molecule has 3 aromatic carbocycles. The van der Waals surface area contributed by atoms with Crippen molar-refractivity contribution in [1.82, 2.24) is 14.5 Å². The first kappa shape index (κ1) is 24.0. The summed E-state index contributed by atoms with van der Waals surface area (Å²) < 4.78 is 1.50. The Labute approximate surface area is 215 Å². The van der Waals surface area contributed by atoms with Crippen molar-refractivity contribution in [2.24, 2.45) is 0 Å². The van der Waals surface area contributed by atoms with Crippen molar-refractivity contribution in [2.75, 3.05) is 11.9 Å². The zero-order valence-electron chi connectivity index (χ0n) is 20.1. The summed E-state index contributed by atoms with van der Waals surface area (Å²) in [4.78, 5) is 33.9. The summed E-state index contributed by atoms with van der Waals surface area (Å²) in [6, 6.07) is 25.1. The molecule has 5 rings (SSSR count). The fraction of sp³-hybridized carbons (Fsp3) is 0.207. The Hall–Kier alpha value is -3.74. The van der Waals surface area contributed by atoms with Gasteiger partial charge in [-0.15, -0.1) is 0 Å². The minimum Gasteiger partial charge on any atom is -0.324 e. The Morgan fingerprint density at radius 2 is 1.81 bits per heavy atom. The number of nitrogens with zero attached hydrogens (tertiary/aromatic N) is 3. The van der Waals surface area contributed by atoms with Crippen molar-refractivity contribution < 1.29 is 4.79 Å². The fourth-order valence-electron chi connectivity index (χ4n) is 4.54. The molecule has 4 aromatic rings. The SMILES string of the molecule is Cc1ccc(-c2nc3c(c(=O)n2CC(=O)Nc2cccc(Cl)c2)CCN(Cc2ccccc2)C3)cc1. The highest BCUT2D eigenvalue weighted by atomic mass is 35.5. The molecule has 1 amide bonds. The molecule has 0 radical (unpaired) electrons. The van der Waals surface area contributed by atoms with E-state index >= 15 is 0 Å². The van der Waals surface area contributed by atoms with Crippen molar-refractivity contribution in [1.29, 1.82) is 0 Å². The van der Waals surface area contributed by atoms with Gasteiger partial charge in [-0.3, -0.25) is 19.1 Å². The number of rotatable bonds is 6. The second-order valence-corrected chi connectivity index (χ2v) is 9.56. The molecule has 0 saturated carbocycles. The summed E-state index contributed by atoms with van der Waals surface area (Å²) >= 11 is 6.05. The zero-order chi connectivity index (χ0) is 25.1. The van der Waals surface area contributed by atoms with E-state index in [1.165, 1.54) is 10.1 Å². The summed E-state index contributed by atoms with van der Waals surface area (Å²) in [5.41, 5.74) is 5.03. The molecule has 0 bridgehead atoms. The third kappa shape index (κ3) is 5.40. The van der Waals surface area contributed by atoms with Gasteiger partial charge < -0.3 is 5.32 Å². The quantitative estimate of drug-likeness (QED) is 0.403. The van der Waals surface area contributed by atoms with E-state index in [0.717, 1.165) is 29.9 Å². The molecular weight excluding hydrogens is 472 g/mol. The number of aromatic nitrogens is 2. The number of carbonyl (C=O) groups is 1. The van der Waals surface area contributed by atoms with E-state index in [0.29, 0.717) is 35.1 Å². The molecule has 0 spiro atoms. The van der Waals surface area contributed by atoms with E-state index in [1.54, 1.807) is 24.3 Å². The number of fused-ring (bicyclic) bond motifs is 1. The summed E-state index contributed by atoms with van der Waals surface area (Å²) in [6.45, 7) is 4.03. The molecular formula is C29H27ClN4O2. The zero-order valence-corrected chi connectivity index (χ0v) is 20.8.